The number of thiazole rings is 1. The number of nitrogens with one attached hydrogen (secondary N) is 1. The van der Waals surface area contributed by atoms with Gasteiger partial charge in [0.2, 0.25) is 0 Å². The van der Waals surface area contributed by atoms with Gasteiger partial charge >= 0.3 is 0 Å². The molecule has 1 N–H and O–H groups in total. The van der Waals surface area contributed by atoms with Crippen LogP contribution in [0.3, 0.4) is 0 Å². The van der Waals surface area contributed by atoms with Crippen LogP contribution in [0.1, 0.15) is 40.6 Å². The van der Waals surface area contributed by atoms with Gasteiger partial charge in [-0.05, 0) is 31.4 Å². The number of rotatable bonds is 3. The Bertz CT molecular complexity index is 1090. The first kappa shape index (κ1) is 16.1. The maximum absolute atomic E-state index is 12.6. The van der Waals surface area contributed by atoms with Crippen molar-refractivity contribution < 1.29 is 4.79 Å². The zero-order chi connectivity index (χ0) is 18.2. The summed E-state index contributed by atoms with van der Waals surface area (Å²) in [6.45, 7) is 0. The number of hydrogen-bond acceptors (Lipinski definition) is 6. The van der Waals surface area contributed by atoms with Crippen LogP contribution in [0.4, 0.5) is 0 Å². The van der Waals surface area contributed by atoms with Crippen LogP contribution in [0.15, 0.2) is 48.5 Å². The molecule has 1 amide bonds. The normalized spacial score (nSPS) is 16.2. The predicted molar refractivity (Wildman–Crippen MR) is 101 cm³/mol. The van der Waals surface area contributed by atoms with Gasteiger partial charge in [0.1, 0.15) is 5.69 Å². The number of carbonyl (C=O) groups excluding carboxylic acids is 1. The summed E-state index contributed by atoms with van der Waals surface area (Å²) < 4.78 is 1.86. The summed E-state index contributed by atoms with van der Waals surface area (Å²) in [5.41, 5.74) is 3.31. The Morgan fingerprint density at radius 2 is 2.26 bits per heavy atom. The molecule has 4 aromatic rings. The van der Waals surface area contributed by atoms with Crippen LogP contribution in [0.2, 0.25) is 0 Å². The molecule has 0 bridgehead atoms. The predicted octanol–water partition coefficient (Wildman–Crippen LogP) is 3.06. The third kappa shape index (κ3) is 2.97. The van der Waals surface area contributed by atoms with E-state index < -0.39 is 0 Å². The van der Waals surface area contributed by atoms with Crippen LogP contribution in [0.5, 0.6) is 0 Å². The Hall–Kier alpha value is -3.13. The van der Waals surface area contributed by atoms with Gasteiger partial charge in [0.05, 0.1) is 6.04 Å². The number of aromatic nitrogens is 5. The van der Waals surface area contributed by atoms with Crippen molar-refractivity contribution in [3.05, 3.63) is 65.4 Å². The molecule has 0 saturated carbocycles. The number of carbonyl (C=O) groups is 1. The monoisotopic (exact) mass is 376 g/mol. The van der Waals surface area contributed by atoms with Crippen LogP contribution >= 0.6 is 11.3 Å². The van der Waals surface area contributed by atoms with E-state index in [1.807, 2.05) is 34.3 Å². The number of imidazole rings is 1. The third-order valence-corrected chi connectivity index (χ3v) is 5.50. The lowest BCUT2D eigenvalue weighted by molar-refractivity contribution is 0.0928. The van der Waals surface area contributed by atoms with E-state index in [0.29, 0.717) is 11.5 Å². The molecule has 0 spiro atoms. The summed E-state index contributed by atoms with van der Waals surface area (Å²) in [5.74, 6) is 0.503. The largest absolute Gasteiger partial charge is 0.344 e. The van der Waals surface area contributed by atoms with Crippen molar-refractivity contribution in [2.45, 2.75) is 25.3 Å². The second kappa shape index (κ2) is 6.55. The highest BCUT2D eigenvalue weighted by Gasteiger charge is 2.25. The van der Waals surface area contributed by atoms with E-state index in [-0.39, 0.29) is 11.9 Å². The van der Waals surface area contributed by atoms with E-state index in [0.717, 1.165) is 41.0 Å². The van der Waals surface area contributed by atoms with E-state index in [4.69, 9.17) is 4.98 Å². The molecule has 5 rings (SSSR count). The number of pyridine rings is 1. The minimum Gasteiger partial charge on any atom is -0.344 e. The summed E-state index contributed by atoms with van der Waals surface area (Å²) in [6, 6.07) is 3.72. The highest BCUT2D eigenvalue weighted by atomic mass is 32.1. The van der Waals surface area contributed by atoms with Crippen LogP contribution in [-0.2, 0) is 6.42 Å². The summed E-state index contributed by atoms with van der Waals surface area (Å²) in [6.07, 6.45) is 11.7. The molecule has 1 atom stereocenters. The highest BCUT2D eigenvalue weighted by Crippen LogP contribution is 2.29. The molecule has 4 aromatic heterocycles. The Morgan fingerprint density at radius 3 is 3.11 bits per heavy atom. The molecular weight excluding hydrogens is 360 g/mol. The zero-order valence-corrected chi connectivity index (χ0v) is 15.2. The second-order valence-corrected chi connectivity index (χ2v) is 7.35. The molecule has 0 saturated heterocycles. The Balaban J connectivity index is 1.40. The van der Waals surface area contributed by atoms with Gasteiger partial charge < -0.3 is 5.32 Å². The van der Waals surface area contributed by atoms with Gasteiger partial charge in [-0.3, -0.25) is 14.2 Å². The number of nitrogens with zero attached hydrogens (tertiary/aromatic N) is 5. The topological polar surface area (TPSA) is 85.1 Å². The van der Waals surface area contributed by atoms with Gasteiger partial charge in [-0.15, -0.1) is 11.3 Å². The van der Waals surface area contributed by atoms with Crippen molar-refractivity contribution in [3.63, 3.8) is 0 Å². The van der Waals surface area contributed by atoms with E-state index >= 15 is 0 Å². The van der Waals surface area contributed by atoms with Gasteiger partial charge in [0.25, 0.3) is 5.91 Å². The molecule has 1 aliphatic carbocycles. The summed E-state index contributed by atoms with van der Waals surface area (Å²) >= 11 is 1.51. The fourth-order valence-electron chi connectivity index (χ4n) is 3.40. The number of amides is 1. The highest BCUT2D eigenvalue weighted by molar-refractivity contribution is 7.15. The van der Waals surface area contributed by atoms with Gasteiger partial charge in [0, 0.05) is 53.2 Å². The zero-order valence-electron chi connectivity index (χ0n) is 14.4. The summed E-state index contributed by atoms with van der Waals surface area (Å²) in [5, 5.41) is 5.04. The summed E-state index contributed by atoms with van der Waals surface area (Å²) in [7, 11) is 0. The smallest absolute Gasteiger partial charge is 0.272 e. The van der Waals surface area contributed by atoms with Gasteiger partial charge in [0.15, 0.2) is 10.8 Å². The minimum atomic E-state index is -0.167. The maximum atomic E-state index is 12.6. The lowest BCUT2D eigenvalue weighted by Gasteiger charge is -2.25. The van der Waals surface area contributed by atoms with Crippen molar-refractivity contribution in [1.82, 2.24) is 29.7 Å². The Labute approximate surface area is 159 Å². The summed E-state index contributed by atoms with van der Waals surface area (Å²) in [4.78, 5) is 31.2. The van der Waals surface area contributed by atoms with Crippen molar-refractivity contribution in [1.29, 1.82) is 0 Å². The van der Waals surface area contributed by atoms with E-state index in [1.54, 1.807) is 18.6 Å². The molecular formula is C19H16N6OS. The third-order valence-electron chi connectivity index (χ3n) is 4.73. The first-order valence-electron chi connectivity index (χ1n) is 8.77. The van der Waals surface area contributed by atoms with Crippen molar-refractivity contribution in [3.8, 4) is 11.4 Å². The first-order valence-corrected chi connectivity index (χ1v) is 9.65. The molecule has 0 radical (unpaired) electrons. The van der Waals surface area contributed by atoms with E-state index in [1.165, 1.54) is 11.3 Å². The Morgan fingerprint density at radius 1 is 1.30 bits per heavy atom. The van der Waals surface area contributed by atoms with Gasteiger partial charge in [-0.25, -0.2) is 15.0 Å². The molecule has 0 fully saturated rings. The molecule has 0 aliphatic heterocycles. The number of aryl methyl sites for hydroxylation is 1. The molecule has 1 aliphatic rings. The number of hydrogen-bond donors (Lipinski definition) is 1. The van der Waals surface area contributed by atoms with Crippen molar-refractivity contribution >= 4 is 22.2 Å². The molecule has 7 nitrogen and oxygen atoms in total. The molecule has 8 heteroatoms. The molecule has 134 valence electrons. The SMILES string of the molecule is O=C(N[C@H]1CCCc2nc(-c3cccnc3)ncc21)c1cn2ccsc2n1. The average Bonchev–Trinajstić information content (AvgIpc) is 3.31. The van der Waals surface area contributed by atoms with Crippen LogP contribution in [0.25, 0.3) is 16.3 Å². The molecule has 0 aromatic carbocycles. The quantitative estimate of drug-likeness (QED) is 0.594. The fraction of sp³-hybridized carbons (Fsp3) is 0.211. The van der Waals surface area contributed by atoms with Crippen LogP contribution in [0, 0.1) is 0 Å². The standard InChI is InChI=1S/C19H16N6OS/c26-18(16-11-25-7-8-27-19(25)24-16)23-15-5-1-4-14-13(15)10-21-17(22-14)12-3-2-6-20-9-12/h2-3,6-11,15H,1,4-5H2,(H,23,26)/t15-/m0/s1. The lowest BCUT2D eigenvalue weighted by Crippen LogP contribution is -2.31. The molecule has 0 unspecified atom stereocenters. The van der Waals surface area contributed by atoms with Crippen molar-refractivity contribution in [2.24, 2.45) is 0 Å². The second-order valence-electron chi connectivity index (χ2n) is 6.47. The minimum absolute atomic E-state index is 0.0936. The Kier molecular flexibility index (Phi) is 3.90. The van der Waals surface area contributed by atoms with E-state index in [9.17, 15) is 4.79 Å². The average molecular weight is 376 g/mol. The first-order chi connectivity index (χ1) is 13.3. The number of fused-ring (bicyclic) bond motifs is 2. The fourth-order valence-corrected chi connectivity index (χ4v) is 4.10. The van der Waals surface area contributed by atoms with Crippen molar-refractivity contribution in [2.75, 3.05) is 0 Å². The maximum Gasteiger partial charge on any atom is 0.272 e. The van der Waals surface area contributed by atoms with Gasteiger partial charge in [-0.1, -0.05) is 0 Å². The molecule has 27 heavy (non-hydrogen) atoms. The van der Waals surface area contributed by atoms with Crippen LogP contribution < -0.4 is 5.32 Å². The molecule has 4 heterocycles. The van der Waals surface area contributed by atoms with Crippen LogP contribution in [-0.4, -0.2) is 30.2 Å². The lowest BCUT2D eigenvalue weighted by atomic mass is 9.92. The van der Waals surface area contributed by atoms with E-state index in [2.05, 4.69) is 20.3 Å². The van der Waals surface area contributed by atoms with Gasteiger partial charge in [-0.2, -0.15) is 0 Å².